The first-order valence-corrected chi connectivity index (χ1v) is 4.50. The molecule has 0 N–H and O–H groups in total. The Morgan fingerprint density at radius 1 is 1.36 bits per heavy atom. The molecular formula is C9H10ClS. The SMILES string of the molecule is CCC([S])c1ccc(Cl)cc1. The monoisotopic (exact) mass is 185 g/mol. The fraction of sp³-hybridized carbons (Fsp3) is 0.333. The standard InChI is InChI=1S/C9H10ClS/c1-2-9(11)7-3-5-8(10)6-4-7/h3-6,9H,2H2,1H3. The van der Waals surface area contributed by atoms with E-state index < -0.39 is 0 Å². The van der Waals surface area contributed by atoms with E-state index >= 15 is 0 Å². The summed E-state index contributed by atoms with van der Waals surface area (Å²) >= 11 is 10.9. The van der Waals surface area contributed by atoms with E-state index in [4.69, 9.17) is 24.2 Å². The number of rotatable bonds is 2. The summed E-state index contributed by atoms with van der Waals surface area (Å²) in [6, 6.07) is 7.74. The summed E-state index contributed by atoms with van der Waals surface area (Å²) < 4.78 is 0. The van der Waals surface area contributed by atoms with Gasteiger partial charge in [-0.05, 0) is 24.1 Å². The van der Waals surface area contributed by atoms with E-state index in [0.29, 0.717) is 0 Å². The van der Waals surface area contributed by atoms with Crippen LogP contribution in [0.2, 0.25) is 5.02 Å². The van der Waals surface area contributed by atoms with Crippen molar-refractivity contribution in [3.63, 3.8) is 0 Å². The fourth-order valence-corrected chi connectivity index (χ4v) is 1.20. The molecule has 0 bridgehead atoms. The maximum Gasteiger partial charge on any atom is 0.0406 e. The van der Waals surface area contributed by atoms with Gasteiger partial charge in [0, 0.05) is 10.3 Å². The Hall–Kier alpha value is -0.140. The highest BCUT2D eigenvalue weighted by molar-refractivity contribution is 7.80. The molecule has 0 fully saturated rings. The predicted octanol–water partition coefficient (Wildman–Crippen LogP) is 3.99. The van der Waals surface area contributed by atoms with Crippen molar-refractivity contribution >= 4 is 24.2 Å². The zero-order chi connectivity index (χ0) is 8.27. The first-order chi connectivity index (χ1) is 5.24. The van der Waals surface area contributed by atoms with E-state index in [1.54, 1.807) is 0 Å². The van der Waals surface area contributed by atoms with Crippen LogP contribution in [0.1, 0.15) is 24.2 Å². The van der Waals surface area contributed by atoms with E-state index in [1.165, 1.54) is 5.56 Å². The van der Waals surface area contributed by atoms with Gasteiger partial charge in [0.1, 0.15) is 0 Å². The van der Waals surface area contributed by atoms with Gasteiger partial charge < -0.3 is 0 Å². The van der Waals surface area contributed by atoms with E-state index in [0.717, 1.165) is 11.4 Å². The minimum absolute atomic E-state index is 0.229. The summed E-state index contributed by atoms with van der Waals surface area (Å²) in [6.45, 7) is 2.09. The maximum absolute atomic E-state index is 5.73. The highest BCUT2D eigenvalue weighted by Crippen LogP contribution is 2.23. The molecule has 0 aromatic heterocycles. The van der Waals surface area contributed by atoms with E-state index in [1.807, 2.05) is 24.3 Å². The molecule has 0 aliphatic rings. The normalized spacial score (nSPS) is 13.0. The van der Waals surface area contributed by atoms with E-state index in [9.17, 15) is 0 Å². The molecule has 1 aromatic rings. The van der Waals surface area contributed by atoms with Crippen molar-refractivity contribution in [3.05, 3.63) is 34.9 Å². The topological polar surface area (TPSA) is 0 Å². The number of halogens is 1. The summed E-state index contributed by atoms with van der Waals surface area (Å²) in [5.74, 6) is 0. The summed E-state index contributed by atoms with van der Waals surface area (Å²) in [7, 11) is 0. The molecule has 11 heavy (non-hydrogen) atoms. The summed E-state index contributed by atoms with van der Waals surface area (Å²) in [5, 5.41) is 0.999. The van der Waals surface area contributed by atoms with Crippen LogP contribution < -0.4 is 0 Å². The van der Waals surface area contributed by atoms with Crippen LogP contribution in [0.25, 0.3) is 0 Å². The Labute approximate surface area is 78.0 Å². The molecule has 0 spiro atoms. The molecule has 0 heterocycles. The van der Waals surface area contributed by atoms with Crippen molar-refractivity contribution in [1.29, 1.82) is 0 Å². The summed E-state index contributed by atoms with van der Waals surface area (Å²) in [4.78, 5) is 0. The lowest BCUT2D eigenvalue weighted by atomic mass is 10.1. The van der Waals surface area contributed by atoms with Gasteiger partial charge >= 0.3 is 0 Å². The Kier molecular flexibility index (Phi) is 3.28. The van der Waals surface area contributed by atoms with Crippen LogP contribution in [-0.4, -0.2) is 0 Å². The molecule has 0 saturated heterocycles. The van der Waals surface area contributed by atoms with Gasteiger partial charge in [0.2, 0.25) is 0 Å². The van der Waals surface area contributed by atoms with Gasteiger partial charge in [-0.25, -0.2) is 0 Å². The van der Waals surface area contributed by atoms with Crippen LogP contribution in [-0.2, 0) is 0 Å². The van der Waals surface area contributed by atoms with Crippen LogP contribution in [0.3, 0.4) is 0 Å². The first-order valence-electron chi connectivity index (χ1n) is 3.65. The van der Waals surface area contributed by atoms with Gasteiger partial charge in [-0.2, -0.15) is 0 Å². The van der Waals surface area contributed by atoms with Gasteiger partial charge in [-0.3, -0.25) is 0 Å². The lowest BCUT2D eigenvalue weighted by Gasteiger charge is -2.05. The molecule has 1 unspecified atom stereocenters. The zero-order valence-electron chi connectivity index (χ0n) is 6.38. The second-order valence-electron chi connectivity index (χ2n) is 2.45. The van der Waals surface area contributed by atoms with Crippen molar-refractivity contribution in [2.24, 2.45) is 0 Å². The molecule has 1 rings (SSSR count). The average Bonchev–Trinajstić information content (AvgIpc) is 2.05. The highest BCUT2D eigenvalue weighted by atomic mass is 35.5. The number of hydrogen-bond acceptors (Lipinski definition) is 0. The van der Waals surface area contributed by atoms with Gasteiger partial charge in [-0.15, -0.1) is 0 Å². The largest absolute Gasteiger partial charge is 0.0853 e. The van der Waals surface area contributed by atoms with Crippen molar-refractivity contribution in [3.8, 4) is 0 Å². The average molecular weight is 186 g/mol. The van der Waals surface area contributed by atoms with Crippen molar-refractivity contribution in [2.75, 3.05) is 0 Å². The number of benzene rings is 1. The van der Waals surface area contributed by atoms with Crippen LogP contribution >= 0.6 is 24.2 Å². The molecule has 2 heteroatoms. The lowest BCUT2D eigenvalue weighted by molar-refractivity contribution is 0.903. The van der Waals surface area contributed by atoms with Gasteiger partial charge in [0.15, 0.2) is 0 Å². The first kappa shape index (κ1) is 8.95. The van der Waals surface area contributed by atoms with Crippen LogP contribution in [0.5, 0.6) is 0 Å². The molecule has 1 atom stereocenters. The summed E-state index contributed by atoms with van der Waals surface area (Å²) in [5.41, 5.74) is 1.19. The fourth-order valence-electron chi connectivity index (χ4n) is 0.913. The minimum Gasteiger partial charge on any atom is -0.0853 e. The number of hydrogen-bond donors (Lipinski definition) is 0. The van der Waals surface area contributed by atoms with Crippen molar-refractivity contribution in [1.82, 2.24) is 0 Å². The molecule has 1 aromatic carbocycles. The van der Waals surface area contributed by atoms with E-state index in [2.05, 4.69) is 6.92 Å². The molecule has 1 radical (unpaired) electrons. The summed E-state index contributed by atoms with van der Waals surface area (Å²) in [6.07, 6.45) is 0.997. The third kappa shape index (κ3) is 2.42. The third-order valence-corrected chi connectivity index (χ3v) is 2.47. The molecule has 0 amide bonds. The molecule has 0 aliphatic carbocycles. The van der Waals surface area contributed by atoms with Crippen LogP contribution in [0.15, 0.2) is 24.3 Å². The molecular weight excluding hydrogens is 176 g/mol. The van der Waals surface area contributed by atoms with Crippen molar-refractivity contribution in [2.45, 2.75) is 18.6 Å². The molecule has 0 aliphatic heterocycles. The van der Waals surface area contributed by atoms with Gasteiger partial charge in [0.25, 0.3) is 0 Å². The lowest BCUT2D eigenvalue weighted by Crippen LogP contribution is -1.86. The van der Waals surface area contributed by atoms with E-state index in [-0.39, 0.29) is 5.25 Å². The van der Waals surface area contributed by atoms with Crippen molar-refractivity contribution < 1.29 is 0 Å². The zero-order valence-corrected chi connectivity index (χ0v) is 7.95. The Morgan fingerprint density at radius 3 is 2.36 bits per heavy atom. The molecule has 59 valence electrons. The smallest absolute Gasteiger partial charge is 0.0406 e. The van der Waals surface area contributed by atoms with Gasteiger partial charge in [-0.1, -0.05) is 43.3 Å². The predicted molar refractivity (Wildman–Crippen MR) is 52.1 cm³/mol. The quantitative estimate of drug-likeness (QED) is 0.654. The Balaban J connectivity index is 2.81. The Bertz CT molecular complexity index is 218. The molecule has 0 saturated carbocycles. The maximum atomic E-state index is 5.73. The molecule has 0 nitrogen and oxygen atoms in total. The second kappa shape index (κ2) is 4.03. The van der Waals surface area contributed by atoms with Crippen LogP contribution in [0.4, 0.5) is 0 Å². The Morgan fingerprint density at radius 2 is 1.91 bits per heavy atom. The third-order valence-electron chi connectivity index (χ3n) is 1.61. The van der Waals surface area contributed by atoms with Gasteiger partial charge in [0.05, 0.1) is 0 Å². The van der Waals surface area contributed by atoms with Crippen LogP contribution in [0, 0.1) is 0 Å². The highest BCUT2D eigenvalue weighted by Gasteiger charge is 2.02. The minimum atomic E-state index is 0.229. The second-order valence-corrected chi connectivity index (χ2v) is 3.45.